The summed E-state index contributed by atoms with van der Waals surface area (Å²) in [5, 5.41) is 6.64. The monoisotopic (exact) mass is 562 g/mol. The van der Waals surface area contributed by atoms with E-state index in [1.165, 1.54) is 17.7 Å². The molecule has 1 aliphatic heterocycles. The van der Waals surface area contributed by atoms with Crippen molar-refractivity contribution in [2.45, 2.75) is 31.6 Å². The van der Waals surface area contributed by atoms with Gasteiger partial charge in [0, 0.05) is 42.0 Å². The van der Waals surface area contributed by atoms with Gasteiger partial charge in [-0.25, -0.2) is 4.98 Å². The van der Waals surface area contributed by atoms with Gasteiger partial charge in [0.25, 0.3) is 5.91 Å². The van der Waals surface area contributed by atoms with E-state index in [0.29, 0.717) is 30.2 Å². The summed E-state index contributed by atoms with van der Waals surface area (Å²) in [5.74, 6) is 0.442. The van der Waals surface area contributed by atoms with Gasteiger partial charge in [-0.1, -0.05) is 48.0 Å². The van der Waals surface area contributed by atoms with E-state index in [1.54, 1.807) is 12.3 Å². The number of rotatable bonds is 5. The number of nitrogens with one attached hydrogen (secondary N) is 2. The molecule has 3 aromatic carbocycles. The molecule has 1 aromatic heterocycles. The van der Waals surface area contributed by atoms with E-state index in [4.69, 9.17) is 11.6 Å². The van der Waals surface area contributed by atoms with Crippen LogP contribution in [0.4, 0.5) is 24.7 Å². The summed E-state index contributed by atoms with van der Waals surface area (Å²) in [6.07, 6.45) is -0.976. The lowest BCUT2D eigenvalue weighted by molar-refractivity contribution is -0.138. The maximum atomic E-state index is 13.7. The second kappa shape index (κ2) is 10.5. The Morgan fingerprint density at radius 1 is 1.05 bits per heavy atom. The highest BCUT2D eigenvalue weighted by Gasteiger charge is 2.34. The number of carbonyl (C=O) groups excluding carboxylic acids is 1. The molecule has 0 fully saturated rings. The normalized spacial score (nSPS) is 16.2. The molecule has 6 rings (SSSR count). The van der Waals surface area contributed by atoms with E-state index in [9.17, 15) is 18.0 Å². The zero-order valence-electron chi connectivity index (χ0n) is 21.4. The number of aromatic nitrogens is 1. The van der Waals surface area contributed by atoms with Gasteiger partial charge in [0.15, 0.2) is 0 Å². The van der Waals surface area contributed by atoms with Crippen LogP contribution in [-0.2, 0) is 19.1 Å². The summed E-state index contributed by atoms with van der Waals surface area (Å²) in [6.45, 7) is 1.06. The predicted molar refractivity (Wildman–Crippen MR) is 151 cm³/mol. The number of anilines is 2. The smallest absolute Gasteiger partial charge is 0.367 e. The zero-order chi connectivity index (χ0) is 27.9. The van der Waals surface area contributed by atoms with Crippen LogP contribution in [0.3, 0.4) is 0 Å². The Morgan fingerprint density at radius 2 is 1.90 bits per heavy atom. The third-order valence-electron chi connectivity index (χ3n) is 7.51. The maximum Gasteiger partial charge on any atom is 0.416 e. The van der Waals surface area contributed by atoms with Crippen LogP contribution in [0.2, 0.25) is 5.02 Å². The molecule has 1 amide bonds. The number of hydrogen-bond acceptors (Lipinski definition) is 4. The molecule has 2 N–H and O–H groups in total. The summed E-state index contributed by atoms with van der Waals surface area (Å²) < 4.78 is 41.1. The summed E-state index contributed by atoms with van der Waals surface area (Å²) in [4.78, 5) is 19.6. The van der Waals surface area contributed by atoms with Crippen molar-refractivity contribution in [3.05, 3.63) is 112 Å². The minimum absolute atomic E-state index is 0.0227. The van der Waals surface area contributed by atoms with Gasteiger partial charge in [-0.3, -0.25) is 4.79 Å². The second-order valence-electron chi connectivity index (χ2n) is 10.1. The largest absolute Gasteiger partial charge is 0.416 e. The van der Waals surface area contributed by atoms with Crippen molar-refractivity contribution < 1.29 is 18.0 Å². The highest BCUT2D eigenvalue weighted by Crippen LogP contribution is 2.37. The number of amides is 1. The molecule has 2 aliphatic rings. The number of carbonyl (C=O) groups is 1. The Labute approximate surface area is 235 Å². The van der Waals surface area contributed by atoms with Crippen molar-refractivity contribution in [3.63, 3.8) is 0 Å². The molecule has 40 heavy (non-hydrogen) atoms. The molecule has 0 spiro atoms. The van der Waals surface area contributed by atoms with Crippen LogP contribution in [0.25, 0.3) is 11.1 Å². The second-order valence-corrected chi connectivity index (χ2v) is 10.5. The van der Waals surface area contributed by atoms with Gasteiger partial charge >= 0.3 is 6.18 Å². The number of halogens is 4. The first kappa shape index (κ1) is 26.2. The van der Waals surface area contributed by atoms with Crippen molar-refractivity contribution in [3.8, 4) is 11.1 Å². The number of alkyl halides is 3. The Morgan fingerprint density at radius 3 is 2.75 bits per heavy atom. The van der Waals surface area contributed by atoms with Crippen LogP contribution >= 0.6 is 11.6 Å². The molecule has 9 heteroatoms. The molecule has 0 saturated carbocycles. The number of hydrogen-bond donors (Lipinski definition) is 2. The van der Waals surface area contributed by atoms with Crippen LogP contribution in [-0.4, -0.2) is 24.0 Å². The highest BCUT2D eigenvalue weighted by molar-refractivity contribution is 6.30. The van der Waals surface area contributed by atoms with Crippen LogP contribution in [0, 0.1) is 0 Å². The minimum Gasteiger partial charge on any atom is -0.367 e. The van der Waals surface area contributed by atoms with E-state index >= 15 is 0 Å². The fraction of sp³-hybridized carbons (Fsp3) is 0.226. The Hall–Kier alpha value is -4.04. The molecule has 0 radical (unpaired) electrons. The Bertz CT molecular complexity index is 1590. The molecule has 5 nitrogen and oxygen atoms in total. The Kier molecular flexibility index (Phi) is 6.88. The zero-order valence-corrected chi connectivity index (χ0v) is 22.2. The first-order valence-corrected chi connectivity index (χ1v) is 13.5. The van der Waals surface area contributed by atoms with Crippen molar-refractivity contribution in [2.75, 3.05) is 23.3 Å². The molecule has 0 saturated heterocycles. The van der Waals surface area contributed by atoms with Crippen molar-refractivity contribution in [1.82, 2.24) is 10.3 Å². The van der Waals surface area contributed by atoms with Crippen LogP contribution in [0.5, 0.6) is 0 Å². The third-order valence-corrected chi connectivity index (χ3v) is 7.75. The number of fused-ring (bicyclic) bond motifs is 2. The number of nitrogens with zero attached hydrogens (tertiary/aromatic N) is 2. The Balaban J connectivity index is 1.26. The summed E-state index contributed by atoms with van der Waals surface area (Å²) in [5.41, 5.74) is 4.59. The fourth-order valence-electron chi connectivity index (χ4n) is 5.55. The van der Waals surface area contributed by atoms with Gasteiger partial charge in [0.1, 0.15) is 5.82 Å². The standard InChI is InChI=1S/C31H26ClF3N4O/c32-24-9-10-26(31(33,34)35)23(15-24)18-39-13-12-36-29-28(39)16-22(17-37-29)20-5-3-6-21(14-20)30(40)38-27-11-8-19-4-1-2-7-25(19)27/h1-7,9-10,14-17,27H,8,11-13,18H2,(H,36,37)(H,38,40). The average molecular weight is 563 g/mol. The van der Waals surface area contributed by atoms with Gasteiger partial charge in [0.05, 0.1) is 17.3 Å². The lowest BCUT2D eigenvalue weighted by atomic mass is 10.0. The first-order valence-electron chi connectivity index (χ1n) is 13.1. The summed E-state index contributed by atoms with van der Waals surface area (Å²) >= 11 is 6.07. The minimum atomic E-state index is -4.49. The van der Waals surface area contributed by atoms with E-state index < -0.39 is 11.7 Å². The van der Waals surface area contributed by atoms with E-state index in [-0.39, 0.29) is 29.1 Å². The lowest BCUT2D eigenvalue weighted by Crippen LogP contribution is -2.34. The molecule has 1 atom stereocenters. The highest BCUT2D eigenvalue weighted by atomic mass is 35.5. The van der Waals surface area contributed by atoms with Crippen molar-refractivity contribution in [2.24, 2.45) is 0 Å². The molecular weight excluding hydrogens is 537 g/mol. The molecule has 0 bridgehead atoms. The predicted octanol–water partition coefficient (Wildman–Crippen LogP) is 7.27. The van der Waals surface area contributed by atoms with E-state index in [0.717, 1.165) is 35.6 Å². The number of aryl methyl sites for hydroxylation is 1. The van der Waals surface area contributed by atoms with Gasteiger partial charge in [-0.15, -0.1) is 0 Å². The van der Waals surface area contributed by atoms with E-state index in [2.05, 4.69) is 27.8 Å². The summed E-state index contributed by atoms with van der Waals surface area (Å²) in [7, 11) is 0. The van der Waals surface area contributed by atoms with Crippen molar-refractivity contribution in [1.29, 1.82) is 0 Å². The molecule has 1 aliphatic carbocycles. The molecule has 204 valence electrons. The molecule has 4 aromatic rings. The fourth-order valence-corrected chi connectivity index (χ4v) is 5.74. The quantitative estimate of drug-likeness (QED) is 0.269. The topological polar surface area (TPSA) is 57.3 Å². The molecular formula is C31H26ClF3N4O. The van der Waals surface area contributed by atoms with Gasteiger partial charge < -0.3 is 15.5 Å². The lowest BCUT2D eigenvalue weighted by Gasteiger charge is -2.32. The van der Waals surface area contributed by atoms with Gasteiger partial charge in [-0.05, 0) is 71.5 Å². The summed E-state index contributed by atoms with van der Waals surface area (Å²) in [6, 6.07) is 21.0. The van der Waals surface area contributed by atoms with E-state index in [1.807, 2.05) is 41.3 Å². The van der Waals surface area contributed by atoms with Crippen LogP contribution in [0.15, 0.2) is 79.0 Å². The van der Waals surface area contributed by atoms with Crippen molar-refractivity contribution >= 4 is 29.0 Å². The average Bonchev–Trinajstić information content (AvgIpc) is 3.35. The van der Waals surface area contributed by atoms with Gasteiger partial charge in [0.2, 0.25) is 0 Å². The SMILES string of the molecule is O=C(NC1CCc2ccccc21)c1cccc(-c2cnc3c(c2)N(Cc2cc(Cl)ccc2C(F)(F)F)CCN3)c1. The maximum absolute atomic E-state index is 13.7. The first-order chi connectivity index (χ1) is 19.3. The van der Waals surface area contributed by atoms with Crippen LogP contribution in [0.1, 0.15) is 45.1 Å². The molecule has 2 heterocycles. The van der Waals surface area contributed by atoms with Gasteiger partial charge in [-0.2, -0.15) is 13.2 Å². The third kappa shape index (κ3) is 5.23. The molecule has 1 unspecified atom stereocenters. The number of benzene rings is 3. The number of pyridine rings is 1. The van der Waals surface area contributed by atoms with Crippen LogP contribution < -0.4 is 15.5 Å².